The van der Waals surface area contributed by atoms with Crippen molar-refractivity contribution in [2.45, 2.75) is 58.3 Å². The first-order chi connectivity index (χ1) is 24.9. The molecule has 0 aliphatic rings. The van der Waals surface area contributed by atoms with Crippen molar-refractivity contribution < 1.29 is 67.0 Å². The summed E-state index contributed by atoms with van der Waals surface area (Å²) >= 11 is 0. The summed E-state index contributed by atoms with van der Waals surface area (Å²) in [4.78, 5) is 55.6. The molecular formula is C34H64N4O14. The maximum Gasteiger partial charge on any atom is 0.328 e. The predicted octanol–water partition coefficient (Wildman–Crippen LogP) is -1.38. The number of hydrogen-bond donors (Lipinski definition) is 5. The van der Waals surface area contributed by atoms with E-state index >= 15 is 0 Å². The van der Waals surface area contributed by atoms with Crippen molar-refractivity contribution in [3.63, 3.8) is 0 Å². The van der Waals surface area contributed by atoms with Crippen LogP contribution in [0.5, 0.6) is 0 Å². The van der Waals surface area contributed by atoms with E-state index in [2.05, 4.69) is 21.3 Å². The van der Waals surface area contributed by atoms with Crippen molar-refractivity contribution in [2.24, 2.45) is 5.41 Å². The Labute approximate surface area is 307 Å². The highest BCUT2D eigenvalue weighted by atomic mass is 16.6. The molecule has 18 nitrogen and oxygen atoms in total. The zero-order valence-corrected chi connectivity index (χ0v) is 31.7. The van der Waals surface area contributed by atoms with Gasteiger partial charge >= 0.3 is 5.97 Å². The second-order valence-corrected chi connectivity index (χ2v) is 12.7. The third-order valence-corrected chi connectivity index (χ3v) is 7.09. The highest BCUT2D eigenvalue weighted by molar-refractivity contribution is 5.86. The van der Waals surface area contributed by atoms with Gasteiger partial charge in [0.2, 0.25) is 5.91 Å². The molecule has 0 radical (unpaired) electrons. The minimum absolute atomic E-state index is 0.0688. The maximum absolute atomic E-state index is 12.1. The highest BCUT2D eigenvalue weighted by Gasteiger charge is 2.33. The van der Waals surface area contributed by atoms with E-state index in [4.69, 9.17) is 37.9 Å². The van der Waals surface area contributed by atoms with Gasteiger partial charge in [-0.2, -0.15) is 0 Å². The first-order valence-corrected chi connectivity index (χ1v) is 17.6. The lowest BCUT2D eigenvalue weighted by molar-refractivity contribution is -0.147. The molecule has 0 saturated carbocycles. The summed E-state index contributed by atoms with van der Waals surface area (Å²) in [5.41, 5.74) is -2.20. The predicted molar refractivity (Wildman–Crippen MR) is 189 cm³/mol. The van der Waals surface area contributed by atoms with Gasteiger partial charge in [-0.25, -0.2) is 4.79 Å². The largest absolute Gasteiger partial charge is 0.480 e. The SMILES string of the molecule is CC(C=O)NCCOCCOCC(COCCOCCNC(C)C=O)(COCCOCCNC(C)C=O)COCCOCC(=O)NC(C)(C)C(=O)O. The van der Waals surface area contributed by atoms with Crippen LogP contribution in [-0.4, -0.2) is 185 Å². The van der Waals surface area contributed by atoms with Crippen LogP contribution in [0.1, 0.15) is 34.6 Å². The monoisotopic (exact) mass is 752 g/mol. The van der Waals surface area contributed by atoms with Gasteiger partial charge < -0.3 is 78.7 Å². The van der Waals surface area contributed by atoms with E-state index in [0.29, 0.717) is 59.3 Å². The van der Waals surface area contributed by atoms with Crippen LogP contribution >= 0.6 is 0 Å². The molecule has 52 heavy (non-hydrogen) atoms. The molecule has 0 heterocycles. The Kier molecular flexibility index (Phi) is 30.5. The number of amides is 1. The van der Waals surface area contributed by atoms with E-state index in [1.54, 1.807) is 20.8 Å². The van der Waals surface area contributed by atoms with E-state index in [0.717, 1.165) is 18.9 Å². The van der Waals surface area contributed by atoms with E-state index in [1.165, 1.54) is 13.8 Å². The Bertz CT molecular complexity index is 872. The average Bonchev–Trinajstić information content (AvgIpc) is 3.12. The minimum Gasteiger partial charge on any atom is -0.480 e. The molecule has 0 aliphatic carbocycles. The number of hydrogen-bond acceptors (Lipinski definition) is 16. The van der Waals surface area contributed by atoms with Gasteiger partial charge in [0.05, 0.1) is 123 Å². The van der Waals surface area contributed by atoms with Crippen LogP contribution in [0.3, 0.4) is 0 Å². The fourth-order valence-corrected chi connectivity index (χ4v) is 4.01. The van der Waals surface area contributed by atoms with Gasteiger partial charge in [0.1, 0.15) is 31.0 Å². The first-order valence-electron chi connectivity index (χ1n) is 17.6. The van der Waals surface area contributed by atoms with Crippen molar-refractivity contribution in [3.05, 3.63) is 0 Å². The second kappa shape index (κ2) is 32.0. The number of ether oxygens (including phenoxy) is 8. The standard InChI is InChI=1S/C34H64N4O14/c1-28(20-39)35-6-9-45-12-16-49-24-34(25-50-17-13-46-10-7-36-29(2)21-40,26-51-18-14-47-11-8-37-30(3)22-41)27-52-19-15-48-23-31(42)38-33(4,5)32(43)44/h20-22,28-30,35-37H,6-19,23-27H2,1-5H3,(H,38,42)(H,43,44). The van der Waals surface area contributed by atoms with E-state index in [9.17, 15) is 29.1 Å². The van der Waals surface area contributed by atoms with Crippen molar-refractivity contribution in [2.75, 3.05) is 125 Å². The second-order valence-electron chi connectivity index (χ2n) is 12.7. The molecule has 304 valence electrons. The van der Waals surface area contributed by atoms with Gasteiger partial charge in [0.25, 0.3) is 0 Å². The molecule has 0 aromatic rings. The lowest BCUT2D eigenvalue weighted by Crippen LogP contribution is -2.50. The summed E-state index contributed by atoms with van der Waals surface area (Å²) in [5, 5.41) is 20.6. The first kappa shape index (κ1) is 49.5. The lowest BCUT2D eigenvalue weighted by atomic mass is 9.92. The Hall–Kier alpha value is -2.49. The van der Waals surface area contributed by atoms with Crippen LogP contribution in [0.15, 0.2) is 0 Å². The topological polar surface area (TPSA) is 228 Å². The van der Waals surface area contributed by atoms with Gasteiger partial charge in [-0.3, -0.25) is 4.79 Å². The molecule has 0 spiro atoms. The molecular weight excluding hydrogens is 688 g/mol. The van der Waals surface area contributed by atoms with Crippen molar-refractivity contribution in [1.82, 2.24) is 21.3 Å². The maximum atomic E-state index is 12.1. The van der Waals surface area contributed by atoms with Crippen molar-refractivity contribution >= 4 is 30.7 Å². The van der Waals surface area contributed by atoms with Gasteiger partial charge in [0, 0.05) is 19.6 Å². The summed E-state index contributed by atoms with van der Waals surface area (Å²) in [5.74, 6) is -1.73. The van der Waals surface area contributed by atoms with Crippen LogP contribution in [0.4, 0.5) is 0 Å². The Balaban J connectivity index is 5.19. The molecule has 0 aromatic carbocycles. The van der Waals surface area contributed by atoms with E-state index in [-0.39, 0.29) is 84.2 Å². The van der Waals surface area contributed by atoms with Crippen LogP contribution in [0.2, 0.25) is 0 Å². The molecule has 0 bridgehead atoms. The molecule has 18 heteroatoms. The summed E-state index contributed by atoms with van der Waals surface area (Å²) < 4.78 is 46.2. The smallest absolute Gasteiger partial charge is 0.328 e. The number of aldehydes is 3. The molecule has 3 atom stereocenters. The quantitative estimate of drug-likeness (QED) is 0.0360. The van der Waals surface area contributed by atoms with Crippen molar-refractivity contribution in [1.29, 1.82) is 0 Å². The number of carboxylic acid groups (broad SMARTS) is 1. The summed E-state index contributed by atoms with van der Waals surface area (Å²) in [7, 11) is 0. The summed E-state index contributed by atoms with van der Waals surface area (Å²) in [6.45, 7) is 13.1. The molecule has 0 fully saturated rings. The average molecular weight is 753 g/mol. The third-order valence-electron chi connectivity index (χ3n) is 7.09. The zero-order chi connectivity index (χ0) is 38.9. The van der Waals surface area contributed by atoms with Crippen molar-refractivity contribution in [3.8, 4) is 0 Å². The van der Waals surface area contributed by atoms with Crippen LogP contribution in [0, 0.1) is 5.41 Å². The molecule has 0 aromatic heterocycles. The van der Waals surface area contributed by atoms with E-state index in [1.807, 2.05) is 0 Å². The highest BCUT2D eigenvalue weighted by Crippen LogP contribution is 2.21. The zero-order valence-electron chi connectivity index (χ0n) is 31.7. The molecule has 3 unspecified atom stereocenters. The van der Waals surface area contributed by atoms with Gasteiger partial charge in [-0.05, 0) is 34.6 Å². The minimum atomic E-state index is -1.43. The van der Waals surface area contributed by atoms with Gasteiger partial charge in [-0.15, -0.1) is 0 Å². The van der Waals surface area contributed by atoms with Crippen LogP contribution in [0.25, 0.3) is 0 Å². The Morgan fingerprint density at radius 2 is 0.846 bits per heavy atom. The normalized spacial score (nSPS) is 14.6. The Morgan fingerprint density at radius 3 is 1.15 bits per heavy atom. The number of aliphatic carboxylic acids is 1. The summed E-state index contributed by atoms with van der Waals surface area (Å²) in [6.07, 6.45) is 2.46. The Morgan fingerprint density at radius 1 is 0.538 bits per heavy atom. The van der Waals surface area contributed by atoms with Gasteiger partial charge in [-0.1, -0.05) is 0 Å². The number of carboxylic acids is 1. The van der Waals surface area contributed by atoms with Crippen LogP contribution < -0.4 is 21.3 Å². The molecule has 0 aliphatic heterocycles. The molecule has 5 N–H and O–H groups in total. The number of rotatable bonds is 39. The number of carbonyl (C=O) groups is 5. The molecule has 1 amide bonds. The van der Waals surface area contributed by atoms with Gasteiger partial charge in [0.15, 0.2) is 0 Å². The molecule has 0 saturated heterocycles. The molecule has 0 rings (SSSR count). The fourth-order valence-electron chi connectivity index (χ4n) is 4.01. The lowest BCUT2D eigenvalue weighted by Gasteiger charge is -2.33. The number of carbonyl (C=O) groups excluding carboxylic acids is 4. The number of nitrogens with one attached hydrogen (secondary N) is 4. The third kappa shape index (κ3) is 28.1. The summed E-state index contributed by atoms with van der Waals surface area (Å²) in [6, 6.07) is -0.768. The van der Waals surface area contributed by atoms with E-state index < -0.39 is 22.8 Å². The fraction of sp³-hybridized carbons (Fsp3) is 0.853. The van der Waals surface area contributed by atoms with Crippen LogP contribution in [-0.2, 0) is 61.9 Å².